The van der Waals surface area contributed by atoms with Crippen molar-refractivity contribution in [3.05, 3.63) is 29.3 Å². The Morgan fingerprint density at radius 1 is 1.23 bits per heavy atom. The number of carbonyl (C=O) groups is 2. The van der Waals surface area contributed by atoms with E-state index in [0.29, 0.717) is 32.4 Å². The number of rotatable bonds is 6. The topological polar surface area (TPSA) is 57.6 Å². The Morgan fingerprint density at radius 2 is 1.86 bits per heavy atom. The van der Waals surface area contributed by atoms with E-state index in [0.717, 1.165) is 22.1 Å². The molecule has 0 radical (unpaired) electrons. The molecule has 1 N–H and O–H groups in total. The molecule has 22 heavy (non-hydrogen) atoms. The normalized spacial score (nSPS) is 15.8. The van der Waals surface area contributed by atoms with Gasteiger partial charge in [0.15, 0.2) is 0 Å². The maximum atomic E-state index is 12.1. The van der Waals surface area contributed by atoms with E-state index in [1.807, 2.05) is 24.3 Å². The van der Waals surface area contributed by atoms with Crippen molar-refractivity contribution in [1.29, 1.82) is 0 Å². The fourth-order valence-electron chi connectivity index (χ4n) is 2.48. The third-order valence-corrected chi connectivity index (χ3v) is 5.16. The van der Waals surface area contributed by atoms with Crippen LogP contribution in [0.1, 0.15) is 25.7 Å². The van der Waals surface area contributed by atoms with E-state index in [2.05, 4.69) is 0 Å². The number of amides is 1. The van der Waals surface area contributed by atoms with Crippen molar-refractivity contribution in [2.24, 2.45) is 5.92 Å². The number of likely N-dealkylation sites (tertiary alicyclic amines) is 1. The van der Waals surface area contributed by atoms with Crippen LogP contribution in [0, 0.1) is 5.92 Å². The number of aliphatic carboxylic acids is 1. The molecule has 4 nitrogen and oxygen atoms in total. The van der Waals surface area contributed by atoms with E-state index >= 15 is 0 Å². The Labute approximate surface area is 139 Å². The maximum Gasteiger partial charge on any atom is 0.306 e. The summed E-state index contributed by atoms with van der Waals surface area (Å²) in [5, 5.41) is 9.67. The number of thioether (sulfide) groups is 1. The quantitative estimate of drug-likeness (QED) is 0.635. The molecular formula is C16H20ClNO3S. The molecule has 1 aromatic rings. The van der Waals surface area contributed by atoms with Gasteiger partial charge in [-0.1, -0.05) is 11.6 Å². The third kappa shape index (κ3) is 5.21. The molecule has 0 spiro atoms. The van der Waals surface area contributed by atoms with E-state index in [4.69, 9.17) is 16.7 Å². The predicted octanol–water partition coefficient (Wildman–Crippen LogP) is 3.54. The van der Waals surface area contributed by atoms with Crippen molar-refractivity contribution in [1.82, 2.24) is 4.90 Å². The largest absolute Gasteiger partial charge is 0.481 e. The van der Waals surface area contributed by atoms with Crippen molar-refractivity contribution in [3.63, 3.8) is 0 Å². The number of hydrogen-bond acceptors (Lipinski definition) is 3. The van der Waals surface area contributed by atoms with Crippen LogP contribution >= 0.6 is 23.4 Å². The first kappa shape index (κ1) is 17.2. The van der Waals surface area contributed by atoms with E-state index in [-0.39, 0.29) is 11.8 Å². The Morgan fingerprint density at radius 3 is 2.45 bits per heavy atom. The average molecular weight is 342 g/mol. The van der Waals surface area contributed by atoms with Gasteiger partial charge in [-0.2, -0.15) is 0 Å². The highest BCUT2D eigenvalue weighted by Crippen LogP contribution is 2.22. The number of carboxylic acids is 1. The zero-order chi connectivity index (χ0) is 15.9. The van der Waals surface area contributed by atoms with Crippen LogP contribution in [0.2, 0.25) is 5.02 Å². The zero-order valence-electron chi connectivity index (χ0n) is 12.3. The Kier molecular flexibility index (Phi) is 6.58. The maximum absolute atomic E-state index is 12.1. The van der Waals surface area contributed by atoms with E-state index < -0.39 is 5.97 Å². The summed E-state index contributed by atoms with van der Waals surface area (Å²) in [6, 6.07) is 7.68. The van der Waals surface area contributed by atoms with Gasteiger partial charge in [0, 0.05) is 29.4 Å². The van der Waals surface area contributed by atoms with Crippen LogP contribution in [-0.4, -0.2) is 40.7 Å². The summed E-state index contributed by atoms with van der Waals surface area (Å²) in [6.07, 6.45) is 2.49. The van der Waals surface area contributed by atoms with E-state index in [9.17, 15) is 9.59 Å². The molecule has 0 unspecified atom stereocenters. The molecule has 6 heteroatoms. The van der Waals surface area contributed by atoms with Crippen LogP contribution in [0.4, 0.5) is 0 Å². The fourth-order valence-corrected chi connectivity index (χ4v) is 3.46. The number of nitrogens with zero attached hydrogens (tertiary/aromatic N) is 1. The molecule has 1 fully saturated rings. The molecular weight excluding hydrogens is 322 g/mol. The molecule has 2 rings (SSSR count). The van der Waals surface area contributed by atoms with Gasteiger partial charge >= 0.3 is 5.97 Å². The summed E-state index contributed by atoms with van der Waals surface area (Å²) in [4.78, 5) is 25.9. The summed E-state index contributed by atoms with van der Waals surface area (Å²) >= 11 is 7.55. The average Bonchev–Trinajstić information content (AvgIpc) is 2.53. The van der Waals surface area contributed by atoms with Crippen LogP contribution in [0.3, 0.4) is 0 Å². The molecule has 1 saturated heterocycles. The zero-order valence-corrected chi connectivity index (χ0v) is 13.9. The number of hydrogen-bond donors (Lipinski definition) is 1. The van der Waals surface area contributed by atoms with Gasteiger partial charge in [0.2, 0.25) is 5.91 Å². The van der Waals surface area contributed by atoms with Crippen LogP contribution in [0.25, 0.3) is 0 Å². The summed E-state index contributed by atoms with van der Waals surface area (Å²) in [5.74, 6) is -0.00425. The molecule has 1 aromatic carbocycles. The highest BCUT2D eigenvalue weighted by molar-refractivity contribution is 7.99. The lowest BCUT2D eigenvalue weighted by molar-refractivity contribution is -0.145. The Hall–Kier alpha value is -1.20. The van der Waals surface area contributed by atoms with Crippen LogP contribution in [0.15, 0.2) is 29.2 Å². The van der Waals surface area contributed by atoms with E-state index in [1.54, 1.807) is 16.7 Å². The minimum atomic E-state index is -0.744. The highest BCUT2D eigenvalue weighted by atomic mass is 35.5. The van der Waals surface area contributed by atoms with Gasteiger partial charge < -0.3 is 10.0 Å². The van der Waals surface area contributed by atoms with Gasteiger partial charge in [0.05, 0.1) is 5.92 Å². The molecule has 1 heterocycles. The lowest BCUT2D eigenvalue weighted by Gasteiger charge is -2.30. The van der Waals surface area contributed by atoms with Crippen molar-refractivity contribution >= 4 is 35.2 Å². The number of benzene rings is 1. The Balaban J connectivity index is 1.64. The second-order valence-electron chi connectivity index (χ2n) is 5.40. The molecule has 0 bridgehead atoms. The minimum absolute atomic E-state index is 0.139. The van der Waals surface area contributed by atoms with Gasteiger partial charge in [0.1, 0.15) is 0 Å². The summed E-state index contributed by atoms with van der Waals surface area (Å²) in [6.45, 7) is 1.14. The molecule has 0 aromatic heterocycles. The minimum Gasteiger partial charge on any atom is -0.481 e. The standard InChI is InChI=1S/C16H20ClNO3S/c17-13-3-5-14(6-4-13)22-11-1-2-15(19)18-9-7-12(8-10-18)16(20)21/h3-6,12H,1-2,7-11H2,(H,20,21). The van der Waals surface area contributed by atoms with Crippen molar-refractivity contribution in [3.8, 4) is 0 Å². The van der Waals surface area contributed by atoms with Gasteiger partial charge in [-0.25, -0.2) is 0 Å². The van der Waals surface area contributed by atoms with Crippen LogP contribution < -0.4 is 0 Å². The SMILES string of the molecule is O=C(O)C1CCN(C(=O)CCCSc2ccc(Cl)cc2)CC1. The first-order chi connectivity index (χ1) is 10.6. The van der Waals surface area contributed by atoms with Crippen molar-refractivity contribution in [2.75, 3.05) is 18.8 Å². The van der Waals surface area contributed by atoms with Gasteiger partial charge in [-0.15, -0.1) is 11.8 Å². The predicted molar refractivity (Wildman–Crippen MR) is 88.3 cm³/mol. The first-order valence-corrected chi connectivity index (χ1v) is 8.81. The summed E-state index contributed by atoms with van der Waals surface area (Å²) in [7, 11) is 0. The van der Waals surface area contributed by atoms with Gasteiger partial charge in [-0.05, 0) is 49.3 Å². The number of halogens is 1. The van der Waals surface area contributed by atoms with Gasteiger partial charge in [-0.3, -0.25) is 9.59 Å². The molecule has 1 aliphatic heterocycles. The number of carboxylic acid groups (broad SMARTS) is 1. The molecule has 0 aliphatic carbocycles. The lowest BCUT2D eigenvalue weighted by atomic mass is 9.97. The number of piperidine rings is 1. The molecule has 1 aliphatic rings. The molecule has 1 amide bonds. The summed E-state index contributed by atoms with van der Waals surface area (Å²) in [5.41, 5.74) is 0. The van der Waals surface area contributed by atoms with Crippen LogP contribution in [0.5, 0.6) is 0 Å². The lowest BCUT2D eigenvalue weighted by Crippen LogP contribution is -2.40. The Bertz CT molecular complexity index is 513. The van der Waals surface area contributed by atoms with E-state index in [1.165, 1.54) is 0 Å². The first-order valence-electron chi connectivity index (χ1n) is 7.45. The molecule has 0 saturated carbocycles. The summed E-state index contributed by atoms with van der Waals surface area (Å²) < 4.78 is 0. The smallest absolute Gasteiger partial charge is 0.306 e. The van der Waals surface area contributed by atoms with Gasteiger partial charge in [0.25, 0.3) is 0 Å². The molecule has 120 valence electrons. The number of carbonyl (C=O) groups excluding carboxylic acids is 1. The second-order valence-corrected chi connectivity index (χ2v) is 7.00. The third-order valence-electron chi connectivity index (χ3n) is 3.81. The van der Waals surface area contributed by atoms with Crippen LogP contribution in [-0.2, 0) is 9.59 Å². The molecule has 0 atom stereocenters. The fraction of sp³-hybridized carbons (Fsp3) is 0.500. The monoisotopic (exact) mass is 341 g/mol. The van der Waals surface area contributed by atoms with Crippen molar-refractivity contribution < 1.29 is 14.7 Å². The van der Waals surface area contributed by atoms with Crippen molar-refractivity contribution in [2.45, 2.75) is 30.6 Å². The second kappa shape index (κ2) is 8.44. The highest BCUT2D eigenvalue weighted by Gasteiger charge is 2.26.